The standard InChI is InChI=1S/C21H19ClN4/c1-12-8-18-19(23-11-12)20(26-21(22)25-18)24-15-7-6-14-9-13-4-2-3-5-16(13)17(14)10-15/h2-5,8,11,15H,6-7,9-10H2,1H3,(H,24,25,26)/t15-/m1/s1. The van der Waals surface area contributed by atoms with Crippen LogP contribution >= 0.6 is 11.6 Å². The van der Waals surface area contributed by atoms with Crippen molar-refractivity contribution < 1.29 is 0 Å². The number of allylic oxidation sites excluding steroid dienone is 1. The predicted molar refractivity (Wildman–Crippen MR) is 105 cm³/mol. The quantitative estimate of drug-likeness (QED) is 0.654. The van der Waals surface area contributed by atoms with E-state index in [2.05, 4.69) is 44.5 Å². The SMILES string of the molecule is Cc1cnc2c(N[C@@H]3CCC4=C(C3)c3ccccc3C4)nc(Cl)nc2c1. The van der Waals surface area contributed by atoms with Crippen LogP contribution in [0, 0.1) is 6.92 Å². The Morgan fingerprint density at radius 1 is 1.19 bits per heavy atom. The molecule has 2 aliphatic rings. The number of nitrogens with zero attached hydrogens (tertiary/aromatic N) is 3. The summed E-state index contributed by atoms with van der Waals surface area (Å²) < 4.78 is 0. The van der Waals surface area contributed by atoms with E-state index in [1.165, 1.54) is 16.7 Å². The zero-order valence-electron chi connectivity index (χ0n) is 14.6. The van der Waals surface area contributed by atoms with E-state index in [9.17, 15) is 0 Å². The Hall–Kier alpha value is -2.46. The topological polar surface area (TPSA) is 50.7 Å². The predicted octanol–water partition coefficient (Wildman–Crippen LogP) is 4.96. The Labute approximate surface area is 157 Å². The fraction of sp³-hybridized carbons (Fsp3) is 0.286. The van der Waals surface area contributed by atoms with Gasteiger partial charge in [0.05, 0.1) is 5.52 Å². The molecule has 0 saturated heterocycles. The van der Waals surface area contributed by atoms with Gasteiger partial charge < -0.3 is 5.32 Å². The van der Waals surface area contributed by atoms with Crippen LogP contribution in [0.25, 0.3) is 16.6 Å². The third-order valence-electron chi connectivity index (χ3n) is 5.40. The Morgan fingerprint density at radius 3 is 3.00 bits per heavy atom. The van der Waals surface area contributed by atoms with Crippen molar-refractivity contribution in [3.05, 3.63) is 64.1 Å². The molecular weight excluding hydrogens is 344 g/mol. The number of aromatic nitrogens is 3. The van der Waals surface area contributed by atoms with Crippen molar-refractivity contribution in [2.75, 3.05) is 5.32 Å². The first-order chi connectivity index (χ1) is 12.7. The minimum atomic E-state index is 0.259. The number of fused-ring (bicyclic) bond motifs is 3. The van der Waals surface area contributed by atoms with Crippen LogP contribution < -0.4 is 5.32 Å². The molecular formula is C21H19ClN4. The highest BCUT2D eigenvalue weighted by Gasteiger charge is 2.28. The van der Waals surface area contributed by atoms with Crippen molar-refractivity contribution in [1.82, 2.24) is 15.0 Å². The molecule has 0 amide bonds. The summed E-state index contributed by atoms with van der Waals surface area (Å²) in [7, 11) is 0. The lowest BCUT2D eigenvalue weighted by Crippen LogP contribution is -2.24. The minimum Gasteiger partial charge on any atom is -0.365 e. The molecule has 0 radical (unpaired) electrons. The summed E-state index contributed by atoms with van der Waals surface area (Å²) in [5, 5.41) is 3.85. The fourth-order valence-electron chi connectivity index (χ4n) is 4.19. The summed E-state index contributed by atoms with van der Waals surface area (Å²) in [5.41, 5.74) is 8.63. The lowest BCUT2D eigenvalue weighted by Gasteiger charge is -2.26. The third kappa shape index (κ3) is 2.65. The molecule has 1 N–H and O–H groups in total. The van der Waals surface area contributed by atoms with Gasteiger partial charge in [-0.2, -0.15) is 4.98 Å². The van der Waals surface area contributed by atoms with Gasteiger partial charge in [-0.1, -0.05) is 29.8 Å². The van der Waals surface area contributed by atoms with Crippen LogP contribution in [-0.4, -0.2) is 21.0 Å². The second-order valence-electron chi connectivity index (χ2n) is 7.22. The van der Waals surface area contributed by atoms with E-state index in [-0.39, 0.29) is 5.28 Å². The van der Waals surface area contributed by atoms with Gasteiger partial charge in [-0.25, -0.2) is 4.98 Å². The summed E-state index contributed by atoms with van der Waals surface area (Å²) in [6.45, 7) is 2.00. The van der Waals surface area contributed by atoms with Crippen molar-refractivity contribution in [2.45, 2.75) is 38.6 Å². The van der Waals surface area contributed by atoms with Gasteiger partial charge in [0.1, 0.15) is 5.52 Å². The van der Waals surface area contributed by atoms with Crippen LogP contribution in [0.4, 0.5) is 5.82 Å². The molecule has 0 unspecified atom stereocenters. The molecule has 26 heavy (non-hydrogen) atoms. The summed E-state index contributed by atoms with van der Waals surface area (Å²) >= 11 is 6.15. The molecule has 5 heteroatoms. The molecule has 0 bridgehead atoms. The number of halogens is 1. The Kier molecular flexibility index (Phi) is 3.68. The molecule has 4 nitrogen and oxygen atoms in total. The maximum Gasteiger partial charge on any atom is 0.225 e. The van der Waals surface area contributed by atoms with Gasteiger partial charge in [-0.05, 0) is 72.5 Å². The minimum absolute atomic E-state index is 0.259. The lowest BCUT2D eigenvalue weighted by atomic mass is 9.88. The first-order valence-corrected chi connectivity index (χ1v) is 9.41. The normalized spacial score (nSPS) is 18.8. The average Bonchev–Trinajstić information content (AvgIpc) is 2.99. The summed E-state index contributed by atoms with van der Waals surface area (Å²) in [5.74, 6) is 0.736. The van der Waals surface area contributed by atoms with Crippen molar-refractivity contribution in [3.8, 4) is 0 Å². The summed E-state index contributed by atoms with van der Waals surface area (Å²) in [4.78, 5) is 13.3. The first-order valence-electron chi connectivity index (χ1n) is 9.03. The first kappa shape index (κ1) is 15.8. The van der Waals surface area contributed by atoms with Crippen LogP contribution in [0.5, 0.6) is 0 Å². The highest BCUT2D eigenvalue weighted by Crippen LogP contribution is 2.42. The van der Waals surface area contributed by atoms with Crippen molar-refractivity contribution in [3.63, 3.8) is 0 Å². The highest BCUT2D eigenvalue weighted by molar-refractivity contribution is 6.28. The maximum atomic E-state index is 6.15. The van der Waals surface area contributed by atoms with Crippen LogP contribution in [-0.2, 0) is 6.42 Å². The van der Waals surface area contributed by atoms with Crippen molar-refractivity contribution in [1.29, 1.82) is 0 Å². The van der Waals surface area contributed by atoms with E-state index < -0.39 is 0 Å². The smallest absolute Gasteiger partial charge is 0.225 e. The molecule has 130 valence electrons. The van der Waals surface area contributed by atoms with Gasteiger partial charge in [0.2, 0.25) is 5.28 Å². The number of nitrogens with one attached hydrogen (secondary N) is 1. The molecule has 0 fully saturated rings. The van der Waals surface area contributed by atoms with Gasteiger partial charge in [0, 0.05) is 12.2 Å². The number of hydrogen-bond acceptors (Lipinski definition) is 4. The van der Waals surface area contributed by atoms with Gasteiger partial charge in [-0.15, -0.1) is 0 Å². The zero-order chi connectivity index (χ0) is 17.7. The van der Waals surface area contributed by atoms with Crippen LogP contribution in [0.3, 0.4) is 0 Å². The van der Waals surface area contributed by atoms with E-state index in [4.69, 9.17) is 11.6 Å². The summed E-state index contributed by atoms with van der Waals surface area (Å²) in [6.07, 6.45) is 6.20. The molecule has 2 aromatic heterocycles. The largest absolute Gasteiger partial charge is 0.365 e. The molecule has 2 aliphatic carbocycles. The van der Waals surface area contributed by atoms with Gasteiger partial charge in [0.25, 0.3) is 0 Å². The van der Waals surface area contributed by atoms with Crippen LogP contribution in [0.2, 0.25) is 5.28 Å². The maximum absolute atomic E-state index is 6.15. The van der Waals surface area contributed by atoms with E-state index in [1.807, 2.05) is 19.2 Å². The number of anilines is 1. The molecule has 1 atom stereocenters. The van der Waals surface area contributed by atoms with Crippen LogP contribution in [0.15, 0.2) is 42.1 Å². The molecule has 1 aromatic carbocycles. The molecule has 5 rings (SSSR count). The number of pyridine rings is 1. The van der Waals surface area contributed by atoms with Crippen molar-refractivity contribution in [2.24, 2.45) is 0 Å². The Balaban J connectivity index is 1.46. The highest BCUT2D eigenvalue weighted by atomic mass is 35.5. The second kappa shape index (κ2) is 6.06. The number of hydrogen-bond donors (Lipinski definition) is 1. The summed E-state index contributed by atoms with van der Waals surface area (Å²) in [6, 6.07) is 11.1. The average molecular weight is 363 g/mol. The van der Waals surface area contributed by atoms with E-state index in [0.717, 1.165) is 48.1 Å². The van der Waals surface area contributed by atoms with Crippen molar-refractivity contribution >= 4 is 34.0 Å². The van der Waals surface area contributed by atoms with E-state index in [1.54, 1.807) is 5.57 Å². The lowest BCUT2D eigenvalue weighted by molar-refractivity contribution is 0.633. The zero-order valence-corrected chi connectivity index (χ0v) is 15.3. The third-order valence-corrected chi connectivity index (χ3v) is 5.57. The van der Waals surface area contributed by atoms with Gasteiger partial charge in [0.15, 0.2) is 5.82 Å². The monoisotopic (exact) mass is 362 g/mol. The Morgan fingerprint density at radius 2 is 2.08 bits per heavy atom. The van der Waals surface area contributed by atoms with Crippen LogP contribution in [0.1, 0.15) is 36.0 Å². The fourth-order valence-corrected chi connectivity index (χ4v) is 4.37. The molecule has 3 aromatic rings. The molecule has 2 heterocycles. The van der Waals surface area contributed by atoms with Gasteiger partial charge in [-0.3, -0.25) is 4.98 Å². The molecule has 0 saturated carbocycles. The van der Waals surface area contributed by atoms with E-state index in [0.29, 0.717) is 6.04 Å². The second-order valence-corrected chi connectivity index (χ2v) is 7.56. The molecule has 0 aliphatic heterocycles. The number of aryl methyl sites for hydroxylation is 1. The van der Waals surface area contributed by atoms with E-state index >= 15 is 0 Å². The Bertz CT molecular complexity index is 1050. The molecule has 0 spiro atoms. The van der Waals surface area contributed by atoms with Gasteiger partial charge >= 0.3 is 0 Å². The number of rotatable bonds is 2. The number of benzene rings is 1.